The largest absolute Gasteiger partial charge is 0.493 e. The third-order valence-corrected chi connectivity index (χ3v) is 3.44. The highest BCUT2D eigenvalue weighted by molar-refractivity contribution is 5.79. The summed E-state index contributed by atoms with van der Waals surface area (Å²) in [5.74, 6) is 1.67. The maximum absolute atomic E-state index is 12.0. The van der Waals surface area contributed by atoms with Gasteiger partial charge >= 0.3 is 0 Å². The molecule has 0 fully saturated rings. The first-order valence-corrected chi connectivity index (χ1v) is 7.71. The van der Waals surface area contributed by atoms with Gasteiger partial charge in [0.25, 0.3) is 0 Å². The number of rotatable bonds is 10. The molecule has 0 bridgehead atoms. The number of ether oxygens (including phenoxy) is 3. The van der Waals surface area contributed by atoms with Crippen molar-refractivity contribution >= 4 is 5.91 Å². The van der Waals surface area contributed by atoms with Crippen LogP contribution in [0.1, 0.15) is 38.2 Å². The maximum atomic E-state index is 12.0. The molecule has 0 radical (unpaired) electrons. The zero-order chi connectivity index (χ0) is 16.4. The summed E-state index contributed by atoms with van der Waals surface area (Å²) >= 11 is 0. The van der Waals surface area contributed by atoms with Crippen molar-refractivity contribution in [2.24, 2.45) is 0 Å². The summed E-state index contributed by atoms with van der Waals surface area (Å²) < 4.78 is 15.8. The Hall–Kier alpha value is -1.91. The molecule has 1 amide bonds. The summed E-state index contributed by atoms with van der Waals surface area (Å²) in [7, 11) is 4.69. The van der Waals surface area contributed by atoms with Gasteiger partial charge in [-0.15, -0.1) is 0 Å². The van der Waals surface area contributed by atoms with E-state index < -0.39 is 0 Å². The van der Waals surface area contributed by atoms with Crippen molar-refractivity contribution in [1.29, 1.82) is 0 Å². The van der Waals surface area contributed by atoms with Crippen LogP contribution in [0, 0.1) is 0 Å². The van der Waals surface area contributed by atoms with Gasteiger partial charge in [0.2, 0.25) is 11.7 Å². The van der Waals surface area contributed by atoms with E-state index in [9.17, 15) is 4.79 Å². The van der Waals surface area contributed by atoms with E-state index in [4.69, 9.17) is 14.2 Å². The molecule has 124 valence electrons. The van der Waals surface area contributed by atoms with E-state index >= 15 is 0 Å². The average Bonchev–Trinajstić information content (AvgIpc) is 2.53. The number of benzene rings is 1. The van der Waals surface area contributed by atoms with E-state index in [-0.39, 0.29) is 5.91 Å². The summed E-state index contributed by atoms with van der Waals surface area (Å²) in [6, 6.07) is 3.61. The molecule has 0 aliphatic rings. The highest BCUT2D eigenvalue weighted by atomic mass is 16.5. The molecule has 0 aromatic heterocycles. The molecule has 5 heteroatoms. The van der Waals surface area contributed by atoms with Crippen LogP contribution in [-0.4, -0.2) is 33.8 Å². The summed E-state index contributed by atoms with van der Waals surface area (Å²) in [5, 5.41) is 2.94. The molecule has 5 nitrogen and oxygen atoms in total. The summed E-state index contributed by atoms with van der Waals surface area (Å²) in [5.41, 5.74) is 0.834. The molecule has 22 heavy (non-hydrogen) atoms. The van der Waals surface area contributed by atoms with Crippen molar-refractivity contribution < 1.29 is 19.0 Å². The maximum Gasteiger partial charge on any atom is 0.224 e. The normalized spacial score (nSPS) is 10.2. The van der Waals surface area contributed by atoms with Crippen LogP contribution in [0.2, 0.25) is 0 Å². The Kier molecular flexibility index (Phi) is 8.18. The lowest BCUT2D eigenvalue weighted by Crippen LogP contribution is -2.26. The summed E-state index contributed by atoms with van der Waals surface area (Å²) in [6.07, 6.45) is 4.88. The molecule has 0 unspecified atom stereocenters. The Morgan fingerprint density at radius 3 is 2.14 bits per heavy atom. The monoisotopic (exact) mass is 309 g/mol. The number of unbranched alkanes of at least 4 members (excludes halogenated alkanes) is 3. The number of hydrogen-bond donors (Lipinski definition) is 1. The average molecular weight is 309 g/mol. The number of amides is 1. The number of methoxy groups -OCH3 is 3. The van der Waals surface area contributed by atoms with Crippen LogP contribution in [0.5, 0.6) is 17.2 Å². The van der Waals surface area contributed by atoms with Crippen molar-refractivity contribution in [2.45, 2.75) is 39.0 Å². The molecular formula is C17H27NO4. The molecule has 1 aromatic rings. The van der Waals surface area contributed by atoms with Crippen LogP contribution < -0.4 is 19.5 Å². The summed E-state index contributed by atoms with van der Waals surface area (Å²) in [6.45, 7) is 2.90. The van der Waals surface area contributed by atoms with Crippen LogP contribution in [0.4, 0.5) is 0 Å². The second-order valence-electron chi connectivity index (χ2n) is 5.12. The highest BCUT2D eigenvalue weighted by Gasteiger charge is 2.14. The van der Waals surface area contributed by atoms with Crippen molar-refractivity contribution in [3.8, 4) is 17.2 Å². The predicted molar refractivity (Wildman–Crippen MR) is 87.0 cm³/mol. The van der Waals surface area contributed by atoms with Crippen LogP contribution in [0.3, 0.4) is 0 Å². The quantitative estimate of drug-likeness (QED) is 0.675. The first-order chi connectivity index (χ1) is 10.7. The van der Waals surface area contributed by atoms with Gasteiger partial charge in [-0.3, -0.25) is 4.79 Å². The van der Waals surface area contributed by atoms with Gasteiger partial charge in [0, 0.05) is 6.54 Å². The van der Waals surface area contributed by atoms with E-state index in [1.807, 2.05) is 0 Å². The van der Waals surface area contributed by atoms with Gasteiger partial charge in [0.05, 0.1) is 27.8 Å². The van der Waals surface area contributed by atoms with Gasteiger partial charge in [-0.25, -0.2) is 0 Å². The molecule has 1 rings (SSSR count). The molecule has 0 spiro atoms. The third-order valence-electron chi connectivity index (χ3n) is 3.44. The van der Waals surface area contributed by atoms with E-state index in [2.05, 4.69) is 12.2 Å². The number of hydrogen-bond acceptors (Lipinski definition) is 4. The first-order valence-electron chi connectivity index (χ1n) is 7.71. The Morgan fingerprint density at radius 1 is 1.00 bits per heavy atom. The summed E-state index contributed by atoms with van der Waals surface area (Å²) in [4.78, 5) is 12.0. The van der Waals surface area contributed by atoms with Crippen LogP contribution >= 0.6 is 0 Å². The van der Waals surface area contributed by atoms with Crippen molar-refractivity contribution in [3.05, 3.63) is 17.7 Å². The molecular weight excluding hydrogens is 282 g/mol. The first kappa shape index (κ1) is 18.1. The smallest absolute Gasteiger partial charge is 0.224 e. The minimum Gasteiger partial charge on any atom is -0.493 e. The van der Waals surface area contributed by atoms with Crippen molar-refractivity contribution in [2.75, 3.05) is 27.9 Å². The lowest BCUT2D eigenvalue weighted by atomic mass is 10.1. The molecule has 0 heterocycles. The minimum absolute atomic E-state index is 0.00534. The Balaban J connectivity index is 2.63. The fourth-order valence-electron chi connectivity index (χ4n) is 2.26. The van der Waals surface area contributed by atoms with Gasteiger partial charge in [0.1, 0.15) is 0 Å². The van der Waals surface area contributed by atoms with E-state index in [1.165, 1.54) is 12.8 Å². The standard InChI is InChI=1S/C17H27NO4/c1-5-6-7-8-9-18-16(19)12-13-10-14(20-2)17(22-4)15(11-13)21-3/h10-11H,5-9,12H2,1-4H3,(H,18,19). The van der Waals surface area contributed by atoms with Gasteiger partial charge < -0.3 is 19.5 Å². The number of carbonyl (C=O) groups excluding carboxylic acids is 1. The molecule has 0 saturated heterocycles. The topological polar surface area (TPSA) is 56.8 Å². The molecule has 0 saturated carbocycles. The number of nitrogens with one attached hydrogen (secondary N) is 1. The van der Waals surface area contributed by atoms with Gasteiger partial charge in [-0.1, -0.05) is 26.2 Å². The molecule has 0 atom stereocenters. The van der Waals surface area contributed by atoms with Gasteiger partial charge in [0.15, 0.2) is 11.5 Å². The van der Waals surface area contributed by atoms with Gasteiger partial charge in [-0.05, 0) is 24.1 Å². The Labute approximate surface area is 132 Å². The molecule has 1 N–H and O–H groups in total. The second-order valence-corrected chi connectivity index (χ2v) is 5.12. The fraction of sp³-hybridized carbons (Fsp3) is 0.588. The Morgan fingerprint density at radius 2 is 1.64 bits per heavy atom. The zero-order valence-corrected chi connectivity index (χ0v) is 14.0. The third kappa shape index (κ3) is 5.47. The van der Waals surface area contributed by atoms with Crippen LogP contribution in [-0.2, 0) is 11.2 Å². The lowest BCUT2D eigenvalue weighted by molar-refractivity contribution is -0.120. The molecule has 0 aliphatic carbocycles. The van der Waals surface area contributed by atoms with E-state index in [1.54, 1.807) is 33.5 Å². The number of carbonyl (C=O) groups is 1. The molecule has 0 aliphatic heterocycles. The predicted octanol–water partition coefficient (Wildman–Crippen LogP) is 2.95. The SMILES string of the molecule is CCCCCCNC(=O)Cc1cc(OC)c(OC)c(OC)c1. The zero-order valence-electron chi connectivity index (χ0n) is 14.0. The van der Waals surface area contributed by atoms with Crippen molar-refractivity contribution in [1.82, 2.24) is 5.32 Å². The van der Waals surface area contributed by atoms with Gasteiger partial charge in [-0.2, -0.15) is 0 Å². The minimum atomic E-state index is 0.00534. The molecule has 1 aromatic carbocycles. The second kappa shape index (κ2) is 9.92. The lowest BCUT2D eigenvalue weighted by Gasteiger charge is -2.14. The van der Waals surface area contributed by atoms with Crippen molar-refractivity contribution in [3.63, 3.8) is 0 Å². The van der Waals surface area contributed by atoms with E-state index in [0.29, 0.717) is 23.7 Å². The van der Waals surface area contributed by atoms with Crippen LogP contribution in [0.15, 0.2) is 12.1 Å². The fourth-order valence-corrected chi connectivity index (χ4v) is 2.26. The Bertz CT molecular complexity index is 449. The van der Waals surface area contributed by atoms with Crippen LogP contribution in [0.25, 0.3) is 0 Å². The van der Waals surface area contributed by atoms with E-state index in [0.717, 1.165) is 24.9 Å². The highest BCUT2D eigenvalue weighted by Crippen LogP contribution is 2.38.